The monoisotopic (exact) mass is 831 g/mol. The van der Waals surface area contributed by atoms with Crippen molar-refractivity contribution in [3.63, 3.8) is 0 Å². The van der Waals surface area contributed by atoms with Crippen LogP contribution in [-0.2, 0) is 28.2 Å². The molecule has 1 fully saturated rings. The first-order valence-corrected chi connectivity index (χ1v) is 20.9. The Kier molecular flexibility index (Phi) is 13.4. The first-order valence-electron chi connectivity index (χ1n) is 17.5. The number of allylic oxidation sites excluding steroid dienone is 2. The molecule has 1 saturated heterocycles. The molecule has 5 rings (SSSR count). The fraction of sp³-hybridized carbons (Fsp3) is 0.474. The number of benzene rings is 2. The molecule has 52 heavy (non-hydrogen) atoms. The molecular formula is C38H50F2IN8O3-. The predicted octanol–water partition coefficient (Wildman–Crippen LogP) is 2.54. The third kappa shape index (κ3) is 10.2. The maximum atomic E-state index is 14.9. The number of hydrogen-bond donors (Lipinski definition) is 2. The van der Waals surface area contributed by atoms with Crippen molar-refractivity contribution >= 4 is 5.69 Å². The van der Waals surface area contributed by atoms with Crippen molar-refractivity contribution in [3.05, 3.63) is 113 Å². The third-order valence-corrected chi connectivity index (χ3v) is 12.9. The molecule has 2 aromatic heterocycles. The van der Waals surface area contributed by atoms with Crippen molar-refractivity contribution in [2.24, 2.45) is 11.3 Å². The van der Waals surface area contributed by atoms with Gasteiger partial charge < -0.3 is 14.8 Å². The van der Waals surface area contributed by atoms with E-state index in [9.17, 15) is 13.6 Å². The molecule has 4 aromatic rings. The van der Waals surface area contributed by atoms with Crippen molar-refractivity contribution in [3.8, 4) is 5.69 Å². The SMILES string of the molecule is C/C=C(\C=C/C(C)OC[C@H]1COC(Cn2cncn2)(c2ccc(F)cc2F)C1)NCCNc1ccc(-n2cnn(CC([I-]C)C(C)(C)C)c2=O)cc1. The minimum absolute atomic E-state index is 0.00927. The number of anilines is 1. The molecule has 2 aromatic carbocycles. The standard InChI is InChI=1S/C38H50F2IN8O3/c1-7-30(43-16-17-44-31-11-13-32(14-12-31)48-26-46-49(36(48)50)20-35(41-6)37(3,4)5)10-8-27(2)51-21-28-19-38(52-22-28,23-47-25-42-24-45-47)33-15-9-29(39)18-34(33)40/h7-15,18,24-28,35,43-44H,16-17,19-23H2,1-6H3/q-1/b10-8-,30-7+/t27?,28-,35?,38?/m0/s1. The van der Waals surface area contributed by atoms with E-state index >= 15 is 0 Å². The molecule has 0 radical (unpaired) electrons. The van der Waals surface area contributed by atoms with Crippen LogP contribution in [0.4, 0.5) is 14.5 Å². The Morgan fingerprint density at radius 2 is 1.94 bits per heavy atom. The molecule has 0 amide bonds. The molecule has 0 saturated carbocycles. The number of rotatable bonds is 17. The minimum atomic E-state index is -1.01. The Hall–Kier alpha value is -3.89. The van der Waals surface area contributed by atoms with Crippen LogP contribution in [-0.4, -0.2) is 70.4 Å². The zero-order valence-electron chi connectivity index (χ0n) is 30.7. The molecule has 0 aliphatic carbocycles. The number of nitrogens with one attached hydrogen (secondary N) is 2. The van der Waals surface area contributed by atoms with Crippen LogP contribution >= 0.6 is 0 Å². The van der Waals surface area contributed by atoms with E-state index in [1.807, 2.05) is 56.3 Å². The topological polar surface area (TPSA) is 113 Å². The zero-order valence-corrected chi connectivity index (χ0v) is 32.9. The number of aromatic nitrogens is 6. The number of ether oxygens (including phenoxy) is 2. The summed E-state index contributed by atoms with van der Waals surface area (Å²) in [5, 5.41) is 15.4. The predicted molar refractivity (Wildman–Crippen MR) is 194 cm³/mol. The molecule has 0 bridgehead atoms. The molecule has 1 aliphatic rings. The van der Waals surface area contributed by atoms with E-state index in [0.717, 1.165) is 23.1 Å². The van der Waals surface area contributed by atoms with E-state index in [0.29, 0.717) is 48.8 Å². The van der Waals surface area contributed by atoms with Crippen LogP contribution in [0.2, 0.25) is 0 Å². The Balaban J connectivity index is 1.06. The number of nitrogens with zero attached hydrogens (tertiary/aromatic N) is 6. The zero-order chi connectivity index (χ0) is 37.3. The van der Waals surface area contributed by atoms with Crippen LogP contribution in [0, 0.1) is 23.0 Å². The molecule has 2 N–H and O–H groups in total. The van der Waals surface area contributed by atoms with Crippen LogP contribution in [0.3, 0.4) is 0 Å². The summed E-state index contributed by atoms with van der Waals surface area (Å²) in [5.41, 5.74) is 2.02. The summed E-state index contributed by atoms with van der Waals surface area (Å²) in [6, 6.07) is 11.4. The molecule has 0 spiro atoms. The second-order valence-corrected chi connectivity index (χ2v) is 16.9. The van der Waals surface area contributed by atoms with E-state index in [4.69, 9.17) is 9.47 Å². The van der Waals surface area contributed by atoms with Gasteiger partial charge in [-0.3, -0.25) is 0 Å². The van der Waals surface area contributed by atoms with Crippen molar-refractivity contribution in [2.45, 2.75) is 69.8 Å². The summed E-state index contributed by atoms with van der Waals surface area (Å²) in [6.07, 6.45) is 10.9. The van der Waals surface area contributed by atoms with E-state index in [2.05, 4.69) is 51.5 Å². The van der Waals surface area contributed by atoms with Gasteiger partial charge >= 0.3 is 148 Å². The van der Waals surface area contributed by atoms with Crippen LogP contribution < -0.4 is 37.5 Å². The summed E-state index contributed by atoms with van der Waals surface area (Å²) < 4.78 is 46.3. The van der Waals surface area contributed by atoms with Crippen molar-refractivity contribution in [1.29, 1.82) is 0 Å². The van der Waals surface area contributed by atoms with E-state index in [1.165, 1.54) is 18.5 Å². The van der Waals surface area contributed by atoms with E-state index in [-0.39, 0.29) is 50.9 Å². The maximum absolute atomic E-state index is 14.9. The van der Waals surface area contributed by atoms with Crippen LogP contribution in [0.1, 0.15) is 46.6 Å². The number of halogens is 3. The van der Waals surface area contributed by atoms with Gasteiger partial charge in [0.15, 0.2) is 0 Å². The van der Waals surface area contributed by atoms with Gasteiger partial charge in [-0.25, -0.2) is 18.4 Å². The molecule has 4 atom stereocenters. The number of alkyl halides is 2. The van der Waals surface area contributed by atoms with Gasteiger partial charge in [0.25, 0.3) is 0 Å². The first-order chi connectivity index (χ1) is 24.9. The summed E-state index contributed by atoms with van der Waals surface area (Å²) in [5.74, 6) is -1.27. The fourth-order valence-electron chi connectivity index (χ4n) is 6.24. The molecule has 14 heteroatoms. The molecule has 11 nitrogen and oxygen atoms in total. The second kappa shape index (κ2) is 17.8. The van der Waals surface area contributed by atoms with Crippen LogP contribution in [0.5, 0.6) is 0 Å². The Bertz CT molecular complexity index is 1850. The van der Waals surface area contributed by atoms with Crippen LogP contribution in [0.15, 0.2) is 90.2 Å². The van der Waals surface area contributed by atoms with Gasteiger partial charge in [-0.15, -0.1) is 0 Å². The average molecular weight is 832 g/mol. The molecule has 3 heterocycles. The van der Waals surface area contributed by atoms with Gasteiger partial charge in [-0.05, 0) is 32.4 Å². The van der Waals surface area contributed by atoms with Gasteiger partial charge in [0.1, 0.15) is 29.9 Å². The van der Waals surface area contributed by atoms with Crippen molar-refractivity contribution in [2.75, 3.05) is 36.6 Å². The number of hydrogen-bond acceptors (Lipinski definition) is 8. The Morgan fingerprint density at radius 1 is 1.15 bits per heavy atom. The summed E-state index contributed by atoms with van der Waals surface area (Å²) in [4.78, 5) is 19.3. The normalized spacial score (nSPS) is 19.4. The van der Waals surface area contributed by atoms with Gasteiger partial charge in [-0.2, -0.15) is 5.10 Å². The quantitative estimate of drug-likeness (QED) is 0.0724. The van der Waals surface area contributed by atoms with Gasteiger partial charge in [0.2, 0.25) is 0 Å². The van der Waals surface area contributed by atoms with Gasteiger partial charge in [0.05, 0.1) is 25.9 Å². The summed E-state index contributed by atoms with van der Waals surface area (Å²) >= 11 is -0.0354. The Labute approximate surface area is 314 Å². The summed E-state index contributed by atoms with van der Waals surface area (Å²) in [6.45, 7) is 13.7. The van der Waals surface area contributed by atoms with Gasteiger partial charge in [-0.1, -0.05) is 18.2 Å². The van der Waals surface area contributed by atoms with Crippen molar-refractivity contribution in [1.82, 2.24) is 34.4 Å². The van der Waals surface area contributed by atoms with E-state index < -0.39 is 17.2 Å². The van der Waals surface area contributed by atoms with Gasteiger partial charge in [0, 0.05) is 23.2 Å². The average Bonchev–Trinajstić information content (AvgIpc) is 3.87. The second-order valence-electron chi connectivity index (χ2n) is 14.2. The first kappa shape index (κ1) is 39.3. The Morgan fingerprint density at radius 3 is 2.62 bits per heavy atom. The summed E-state index contributed by atoms with van der Waals surface area (Å²) in [7, 11) is 0. The van der Waals surface area contributed by atoms with Crippen LogP contribution in [0.25, 0.3) is 5.69 Å². The third-order valence-electron chi connectivity index (χ3n) is 9.17. The van der Waals surface area contributed by atoms with Crippen molar-refractivity contribution < 1.29 is 39.5 Å². The fourth-order valence-corrected chi connectivity index (χ4v) is 8.88. The molecule has 1 aliphatic heterocycles. The van der Waals surface area contributed by atoms with E-state index in [1.54, 1.807) is 26.6 Å². The molecule has 282 valence electrons. The molecule has 3 unspecified atom stereocenters. The molecular weight excluding hydrogens is 781 g/mol.